The molecule has 146 valence electrons. The third-order valence-electron chi connectivity index (χ3n) is 4.18. The maximum atomic E-state index is 13.1. The van der Waals surface area contributed by atoms with Gasteiger partial charge in [-0.25, -0.2) is 8.42 Å². The van der Waals surface area contributed by atoms with Gasteiger partial charge in [0.2, 0.25) is 10.0 Å². The second kappa shape index (κ2) is 7.41. The molecule has 1 N–H and O–H groups in total. The lowest BCUT2D eigenvalue weighted by atomic mass is 9.96. The third kappa shape index (κ3) is 3.94. The number of sulfonamides is 1. The van der Waals surface area contributed by atoms with E-state index in [0.717, 1.165) is 0 Å². The predicted octanol–water partition coefficient (Wildman–Crippen LogP) is 1.73. The highest BCUT2D eigenvalue weighted by Gasteiger charge is 2.55. The largest absolute Gasteiger partial charge is 0.495 e. The Morgan fingerprint density at radius 3 is 2.42 bits per heavy atom. The van der Waals surface area contributed by atoms with E-state index in [1.54, 1.807) is 6.07 Å². The molecular formula is C15H18F3NO6S. The number of nitrogens with zero attached hydrogens (tertiary/aromatic N) is 1. The number of carboxylic acids is 1. The number of hydrogen-bond donors (Lipinski definition) is 1. The highest BCUT2D eigenvalue weighted by Crippen LogP contribution is 2.40. The summed E-state index contributed by atoms with van der Waals surface area (Å²) in [6.07, 6.45) is -4.82. The zero-order valence-electron chi connectivity index (χ0n) is 14.0. The average Bonchev–Trinajstić information content (AvgIpc) is 3.02. The molecular weight excluding hydrogens is 379 g/mol. The lowest BCUT2D eigenvalue weighted by Crippen LogP contribution is -2.34. The topological polar surface area (TPSA) is 93.1 Å². The normalized spacial score (nSPS) is 21.7. The second-order valence-electron chi connectivity index (χ2n) is 5.83. The highest BCUT2D eigenvalue weighted by atomic mass is 32.2. The molecule has 1 saturated heterocycles. The summed E-state index contributed by atoms with van der Waals surface area (Å²) in [5.41, 5.74) is 0.480. The van der Waals surface area contributed by atoms with Crippen molar-refractivity contribution in [3.05, 3.63) is 23.8 Å². The highest BCUT2D eigenvalue weighted by molar-refractivity contribution is 7.89. The number of methoxy groups -OCH3 is 2. The molecule has 7 nitrogen and oxygen atoms in total. The third-order valence-corrected chi connectivity index (χ3v) is 6.03. The Morgan fingerprint density at radius 2 is 1.96 bits per heavy atom. The van der Waals surface area contributed by atoms with E-state index in [2.05, 4.69) is 0 Å². The Bertz CT molecular complexity index is 780. The van der Waals surface area contributed by atoms with Crippen LogP contribution in [0.4, 0.5) is 13.2 Å². The number of alkyl halides is 3. The van der Waals surface area contributed by atoms with E-state index in [9.17, 15) is 26.4 Å². The molecule has 0 radical (unpaired) electrons. The predicted molar refractivity (Wildman–Crippen MR) is 83.1 cm³/mol. The van der Waals surface area contributed by atoms with Crippen molar-refractivity contribution in [3.63, 3.8) is 0 Å². The average molecular weight is 397 g/mol. The quantitative estimate of drug-likeness (QED) is 0.786. The van der Waals surface area contributed by atoms with Gasteiger partial charge in [0.15, 0.2) is 0 Å². The van der Waals surface area contributed by atoms with Crippen molar-refractivity contribution in [3.8, 4) is 5.75 Å². The smallest absolute Gasteiger partial charge is 0.393 e. The molecule has 11 heteroatoms. The van der Waals surface area contributed by atoms with Gasteiger partial charge in [-0.2, -0.15) is 17.5 Å². The number of carboxylic acid groups (broad SMARTS) is 1. The number of aliphatic carboxylic acids is 1. The molecule has 0 saturated carbocycles. The first kappa shape index (κ1) is 20.5. The Labute approximate surface area is 148 Å². The van der Waals surface area contributed by atoms with Gasteiger partial charge >= 0.3 is 12.1 Å². The molecule has 1 fully saturated rings. The van der Waals surface area contributed by atoms with Crippen molar-refractivity contribution < 1.29 is 41.0 Å². The number of halogens is 3. The molecule has 0 aromatic heterocycles. The van der Waals surface area contributed by atoms with E-state index in [-0.39, 0.29) is 17.3 Å². The minimum absolute atomic E-state index is 0.0489. The van der Waals surface area contributed by atoms with Crippen LogP contribution in [0, 0.1) is 11.8 Å². The summed E-state index contributed by atoms with van der Waals surface area (Å²) in [4.78, 5) is 10.8. The van der Waals surface area contributed by atoms with Crippen LogP contribution in [-0.2, 0) is 26.2 Å². The van der Waals surface area contributed by atoms with Crippen LogP contribution in [-0.4, -0.2) is 57.3 Å². The zero-order chi connectivity index (χ0) is 19.7. The number of hydrogen-bond acceptors (Lipinski definition) is 5. The second-order valence-corrected chi connectivity index (χ2v) is 7.74. The summed E-state index contributed by atoms with van der Waals surface area (Å²) >= 11 is 0. The Hall–Kier alpha value is -1.85. The molecule has 1 aliphatic heterocycles. The van der Waals surface area contributed by atoms with Crippen molar-refractivity contribution in [1.29, 1.82) is 0 Å². The van der Waals surface area contributed by atoms with E-state index < -0.39 is 47.1 Å². The van der Waals surface area contributed by atoms with Gasteiger partial charge in [0, 0.05) is 20.2 Å². The molecule has 2 rings (SSSR count). The Balaban J connectivity index is 2.45. The first-order valence-corrected chi connectivity index (χ1v) is 8.92. The fourth-order valence-corrected chi connectivity index (χ4v) is 4.56. The molecule has 0 unspecified atom stereocenters. The summed E-state index contributed by atoms with van der Waals surface area (Å²) in [5.74, 6) is -5.88. The molecule has 1 aromatic carbocycles. The zero-order valence-corrected chi connectivity index (χ0v) is 14.8. The SMILES string of the molecule is COCc1ccc(OC)c(S(=O)(=O)N2C[C@@H](C(F)(F)F)[C@H](C(=O)O)C2)c1. The molecule has 0 amide bonds. The van der Waals surface area contributed by atoms with Crippen LogP contribution < -0.4 is 4.74 Å². The molecule has 0 bridgehead atoms. The van der Waals surface area contributed by atoms with Crippen molar-refractivity contribution in [2.45, 2.75) is 17.7 Å². The molecule has 1 aliphatic rings. The molecule has 26 heavy (non-hydrogen) atoms. The summed E-state index contributed by atoms with van der Waals surface area (Å²) in [7, 11) is -1.76. The van der Waals surface area contributed by atoms with Crippen molar-refractivity contribution in [2.24, 2.45) is 11.8 Å². The summed E-state index contributed by atoms with van der Waals surface area (Å²) in [6.45, 7) is -1.63. The summed E-state index contributed by atoms with van der Waals surface area (Å²) in [5, 5.41) is 9.05. The van der Waals surface area contributed by atoms with Crippen LogP contribution in [0.15, 0.2) is 23.1 Å². The number of benzene rings is 1. The van der Waals surface area contributed by atoms with Gasteiger partial charge in [-0.1, -0.05) is 6.07 Å². The van der Waals surface area contributed by atoms with Gasteiger partial charge in [0.25, 0.3) is 0 Å². The number of ether oxygens (including phenoxy) is 2. The lowest BCUT2D eigenvalue weighted by molar-refractivity contribution is -0.187. The molecule has 0 spiro atoms. The van der Waals surface area contributed by atoms with Gasteiger partial charge in [-0.3, -0.25) is 4.79 Å². The van der Waals surface area contributed by atoms with E-state index >= 15 is 0 Å². The Morgan fingerprint density at radius 1 is 1.31 bits per heavy atom. The summed E-state index contributed by atoms with van der Waals surface area (Å²) < 4.78 is 75.5. The maximum Gasteiger partial charge on any atom is 0.393 e. The lowest BCUT2D eigenvalue weighted by Gasteiger charge is -2.19. The molecule has 1 aromatic rings. The van der Waals surface area contributed by atoms with Crippen LogP contribution >= 0.6 is 0 Å². The van der Waals surface area contributed by atoms with Gasteiger partial charge < -0.3 is 14.6 Å². The van der Waals surface area contributed by atoms with Gasteiger partial charge in [-0.15, -0.1) is 0 Å². The first-order valence-electron chi connectivity index (χ1n) is 7.48. The van der Waals surface area contributed by atoms with E-state index in [0.29, 0.717) is 9.87 Å². The molecule has 2 atom stereocenters. The van der Waals surface area contributed by atoms with Crippen molar-refractivity contribution in [1.82, 2.24) is 4.31 Å². The van der Waals surface area contributed by atoms with Crippen LogP contribution in [0.1, 0.15) is 5.56 Å². The molecule has 0 aliphatic carbocycles. The summed E-state index contributed by atoms with van der Waals surface area (Å²) in [6, 6.07) is 4.17. The fourth-order valence-electron chi connectivity index (χ4n) is 2.86. The first-order chi connectivity index (χ1) is 12.0. The fraction of sp³-hybridized carbons (Fsp3) is 0.533. The monoisotopic (exact) mass is 397 g/mol. The van der Waals surface area contributed by atoms with Gasteiger partial charge in [0.05, 0.1) is 25.6 Å². The van der Waals surface area contributed by atoms with Gasteiger partial charge in [-0.05, 0) is 17.7 Å². The van der Waals surface area contributed by atoms with E-state index in [4.69, 9.17) is 14.6 Å². The minimum atomic E-state index is -4.82. The van der Waals surface area contributed by atoms with Crippen LogP contribution in [0.2, 0.25) is 0 Å². The minimum Gasteiger partial charge on any atom is -0.495 e. The Kier molecular flexibility index (Phi) is 5.83. The maximum absolute atomic E-state index is 13.1. The van der Waals surface area contributed by atoms with Crippen LogP contribution in [0.5, 0.6) is 5.75 Å². The standard InChI is InChI=1S/C15H18F3NO6S/c1-24-8-9-3-4-12(25-2)13(5-9)26(22,23)19-6-10(14(20)21)11(7-19)15(16,17)18/h3-5,10-11H,6-8H2,1-2H3,(H,20,21)/t10-,11-/m1/s1. The van der Waals surface area contributed by atoms with Crippen molar-refractivity contribution >= 4 is 16.0 Å². The van der Waals surface area contributed by atoms with E-state index in [1.165, 1.54) is 26.4 Å². The van der Waals surface area contributed by atoms with Crippen molar-refractivity contribution in [2.75, 3.05) is 27.3 Å². The molecule has 1 heterocycles. The van der Waals surface area contributed by atoms with E-state index in [1.807, 2.05) is 0 Å². The van der Waals surface area contributed by atoms with Crippen LogP contribution in [0.25, 0.3) is 0 Å². The van der Waals surface area contributed by atoms with Gasteiger partial charge in [0.1, 0.15) is 10.6 Å². The number of rotatable bonds is 6. The number of carbonyl (C=O) groups is 1. The van der Waals surface area contributed by atoms with Crippen LogP contribution in [0.3, 0.4) is 0 Å².